The van der Waals surface area contributed by atoms with Crippen LogP contribution < -0.4 is 5.32 Å². The Kier molecular flexibility index (Phi) is 4.52. The van der Waals surface area contributed by atoms with Crippen LogP contribution >= 0.6 is 0 Å². The van der Waals surface area contributed by atoms with Crippen LogP contribution in [0, 0.1) is 17.8 Å². The van der Waals surface area contributed by atoms with Crippen molar-refractivity contribution in [2.45, 2.75) is 19.6 Å². The fourth-order valence-electron chi connectivity index (χ4n) is 2.69. The summed E-state index contributed by atoms with van der Waals surface area (Å²) in [4.78, 5) is 8.57. The highest BCUT2D eigenvalue weighted by atomic mass is 16.5. The van der Waals surface area contributed by atoms with Gasteiger partial charge in [0.1, 0.15) is 23.3 Å². The van der Waals surface area contributed by atoms with Gasteiger partial charge in [0.2, 0.25) is 0 Å². The summed E-state index contributed by atoms with van der Waals surface area (Å²) in [6, 6.07) is 5.66. The summed E-state index contributed by atoms with van der Waals surface area (Å²) in [5.74, 6) is 8.00. The first kappa shape index (κ1) is 16.5. The maximum atomic E-state index is 9.73. The van der Waals surface area contributed by atoms with Gasteiger partial charge in [0, 0.05) is 49.2 Å². The predicted molar refractivity (Wildman–Crippen MR) is 94.9 cm³/mol. The van der Waals surface area contributed by atoms with Crippen molar-refractivity contribution in [3.63, 3.8) is 0 Å². The number of aromatic nitrogens is 4. The number of nitrogens with one attached hydrogen (secondary N) is 1. The minimum absolute atomic E-state index is 0.446. The number of nitrogens with zero attached hydrogens (tertiary/aromatic N) is 4. The van der Waals surface area contributed by atoms with Crippen molar-refractivity contribution in [1.82, 2.24) is 25.0 Å². The van der Waals surface area contributed by atoms with E-state index in [0.717, 1.165) is 24.3 Å². The largest absolute Gasteiger partial charge is 0.385 e. The standard InChI is InChI=1S/C19H19N5O2/c1-13(25)19-21-6-7-24(19)12-16-8-18(26-23-16)17-5-4-14(11-22-17)2-3-15-9-20-10-15/h4-8,11,13,15,20,25H,9-10,12H2,1H3/t13-/m0/s1. The maximum absolute atomic E-state index is 9.73. The maximum Gasteiger partial charge on any atom is 0.185 e. The molecule has 0 amide bonds. The zero-order chi connectivity index (χ0) is 17.9. The van der Waals surface area contributed by atoms with Crippen LogP contribution in [-0.2, 0) is 6.54 Å². The van der Waals surface area contributed by atoms with Crippen LogP contribution in [0.25, 0.3) is 11.5 Å². The van der Waals surface area contributed by atoms with E-state index in [4.69, 9.17) is 4.52 Å². The summed E-state index contributed by atoms with van der Waals surface area (Å²) in [6.07, 6.45) is 4.57. The Labute approximate surface area is 151 Å². The van der Waals surface area contributed by atoms with Crippen LogP contribution in [0.5, 0.6) is 0 Å². The Balaban J connectivity index is 1.47. The topological polar surface area (TPSA) is 89.0 Å². The minimum atomic E-state index is -0.637. The molecule has 1 atom stereocenters. The quantitative estimate of drug-likeness (QED) is 0.696. The predicted octanol–water partition coefficient (Wildman–Crippen LogP) is 1.61. The van der Waals surface area contributed by atoms with Crippen LogP contribution in [0.3, 0.4) is 0 Å². The third-order valence-electron chi connectivity index (χ3n) is 4.23. The number of rotatable bonds is 4. The zero-order valence-electron chi connectivity index (χ0n) is 14.4. The second-order valence-corrected chi connectivity index (χ2v) is 6.33. The van der Waals surface area contributed by atoms with E-state index in [1.165, 1.54) is 0 Å². The fraction of sp³-hybridized carbons (Fsp3) is 0.316. The molecule has 3 aromatic heterocycles. The van der Waals surface area contributed by atoms with Crippen LogP contribution in [0.15, 0.2) is 41.3 Å². The van der Waals surface area contributed by atoms with Crippen molar-refractivity contribution < 1.29 is 9.63 Å². The first-order valence-corrected chi connectivity index (χ1v) is 8.52. The molecule has 26 heavy (non-hydrogen) atoms. The van der Waals surface area contributed by atoms with E-state index in [1.807, 2.05) is 22.8 Å². The molecule has 132 valence electrons. The lowest BCUT2D eigenvalue weighted by Crippen LogP contribution is -2.40. The number of aliphatic hydroxyl groups excluding tert-OH is 1. The van der Waals surface area contributed by atoms with Gasteiger partial charge in [-0.1, -0.05) is 17.0 Å². The van der Waals surface area contributed by atoms with Gasteiger partial charge < -0.3 is 19.5 Å². The van der Waals surface area contributed by atoms with Crippen LogP contribution in [0.1, 0.15) is 30.1 Å². The summed E-state index contributed by atoms with van der Waals surface area (Å²) >= 11 is 0. The molecule has 3 aromatic rings. The lowest BCUT2D eigenvalue weighted by Gasteiger charge is -2.21. The Morgan fingerprint density at radius 1 is 1.38 bits per heavy atom. The number of hydrogen-bond donors (Lipinski definition) is 2. The SMILES string of the molecule is C[C@H](O)c1nccn1Cc1cc(-c2ccc(C#CC3CNC3)cn2)on1. The number of aliphatic hydroxyl groups is 1. The third-order valence-corrected chi connectivity index (χ3v) is 4.23. The van der Waals surface area contributed by atoms with Gasteiger partial charge in [-0.2, -0.15) is 0 Å². The van der Waals surface area contributed by atoms with Crippen molar-refractivity contribution in [1.29, 1.82) is 0 Å². The van der Waals surface area contributed by atoms with Crippen molar-refractivity contribution in [3.8, 4) is 23.3 Å². The number of imidazole rings is 1. The smallest absolute Gasteiger partial charge is 0.185 e. The molecule has 0 unspecified atom stereocenters. The summed E-state index contributed by atoms with van der Waals surface area (Å²) in [7, 11) is 0. The van der Waals surface area contributed by atoms with Crippen LogP contribution in [0.4, 0.5) is 0 Å². The minimum Gasteiger partial charge on any atom is -0.385 e. The molecular formula is C19H19N5O2. The monoisotopic (exact) mass is 349 g/mol. The second kappa shape index (κ2) is 7.12. The van der Waals surface area contributed by atoms with Gasteiger partial charge in [0.25, 0.3) is 0 Å². The molecule has 7 heteroatoms. The molecule has 4 rings (SSSR count). The van der Waals surface area contributed by atoms with Gasteiger partial charge in [-0.25, -0.2) is 4.98 Å². The van der Waals surface area contributed by atoms with E-state index < -0.39 is 6.10 Å². The van der Waals surface area contributed by atoms with Crippen LogP contribution in [0.2, 0.25) is 0 Å². The number of hydrogen-bond acceptors (Lipinski definition) is 6. The molecule has 1 aliphatic heterocycles. The van der Waals surface area contributed by atoms with Crippen molar-refractivity contribution in [3.05, 3.63) is 53.9 Å². The highest BCUT2D eigenvalue weighted by molar-refractivity contribution is 5.53. The fourth-order valence-corrected chi connectivity index (χ4v) is 2.69. The van der Waals surface area contributed by atoms with Crippen molar-refractivity contribution >= 4 is 0 Å². The van der Waals surface area contributed by atoms with Gasteiger partial charge >= 0.3 is 0 Å². The average molecular weight is 349 g/mol. The van der Waals surface area contributed by atoms with E-state index >= 15 is 0 Å². The Morgan fingerprint density at radius 3 is 2.96 bits per heavy atom. The van der Waals surface area contributed by atoms with Gasteiger partial charge in [-0.15, -0.1) is 0 Å². The highest BCUT2D eigenvalue weighted by Crippen LogP contribution is 2.20. The molecule has 1 aliphatic rings. The lowest BCUT2D eigenvalue weighted by molar-refractivity contribution is 0.184. The molecule has 0 spiro atoms. The normalized spacial score (nSPS) is 15.2. The molecule has 4 heterocycles. The molecule has 1 fully saturated rings. The van der Waals surface area contributed by atoms with Gasteiger partial charge in [-0.3, -0.25) is 4.98 Å². The summed E-state index contributed by atoms with van der Waals surface area (Å²) in [6.45, 7) is 4.09. The molecule has 0 aromatic carbocycles. The van der Waals surface area contributed by atoms with E-state index in [-0.39, 0.29) is 0 Å². The first-order chi connectivity index (χ1) is 12.7. The van der Waals surface area contributed by atoms with Gasteiger partial charge in [0.15, 0.2) is 5.76 Å². The average Bonchev–Trinajstić information content (AvgIpc) is 3.24. The molecule has 1 saturated heterocycles. The number of pyridine rings is 1. The Bertz CT molecular complexity index is 942. The summed E-state index contributed by atoms with van der Waals surface area (Å²) in [5, 5.41) is 17.0. The second-order valence-electron chi connectivity index (χ2n) is 6.33. The summed E-state index contributed by atoms with van der Waals surface area (Å²) < 4.78 is 7.25. The molecular weight excluding hydrogens is 330 g/mol. The van der Waals surface area contributed by atoms with E-state index in [1.54, 1.807) is 25.5 Å². The van der Waals surface area contributed by atoms with Gasteiger partial charge in [-0.05, 0) is 19.1 Å². The van der Waals surface area contributed by atoms with E-state index in [2.05, 4.69) is 32.3 Å². The van der Waals surface area contributed by atoms with Crippen molar-refractivity contribution in [2.75, 3.05) is 13.1 Å². The zero-order valence-corrected chi connectivity index (χ0v) is 14.4. The van der Waals surface area contributed by atoms with E-state index in [0.29, 0.717) is 29.7 Å². The highest BCUT2D eigenvalue weighted by Gasteiger charge is 2.14. The molecule has 0 aliphatic carbocycles. The summed E-state index contributed by atoms with van der Waals surface area (Å²) in [5.41, 5.74) is 2.34. The molecule has 7 nitrogen and oxygen atoms in total. The Morgan fingerprint density at radius 2 is 2.27 bits per heavy atom. The van der Waals surface area contributed by atoms with E-state index in [9.17, 15) is 5.11 Å². The van der Waals surface area contributed by atoms with Crippen molar-refractivity contribution in [2.24, 2.45) is 5.92 Å². The molecule has 2 N–H and O–H groups in total. The molecule has 0 saturated carbocycles. The lowest BCUT2D eigenvalue weighted by atomic mass is 10.0. The first-order valence-electron chi connectivity index (χ1n) is 8.52. The third kappa shape index (κ3) is 3.52. The molecule has 0 radical (unpaired) electrons. The molecule has 0 bridgehead atoms. The van der Waals surface area contributed by atoms with Gasteiger partial charge in [0.05, 0.1) is 6.54 Å². The Hall–Kier alpha value is -2.95. The van der Waals surface area contributed by atoms with Crippen LogP contribution in [-0.4, -0.2) is 37.9 Å².